The molecular formula is C29H22ClN5OS. The summed E-state index contributed by atoms with van der Waals surface area (Å²) >= 11 is 8.11. The number of aryl methyl sites for hydroxylation is 1. The molecule has 0 spiro atoms. The molecule has 0 N–H and O–H groups in total. The van der Waals surface area contributed by atoms with Crippen molar-refractivity contribution in [2.24, 2.45) is 0 Å². The molecular weight excluding hydrogens is 502 g/mol. The zero-order valence-corrected chi connectivity index (χ0v) is 21.7. The van der Waals surface area contributed by atoms with Crippen LogP contribution in [-0.2, 0) is 5.54 Å². The second kappa shape index (κ2) is 9.42. The Hall–Kier alpha value is -4.07. The zero-order chi connectivity index (χ0) is 25.4. The summed E-state index contributed by atoms with van der Waals surface area (Å²) < 4.78 is 7.87. The van der Waals surface area contributed by atoms with E-state index in [1.807, 2.05) is 72.3 Å². The van der Waals surface area contributed by atoms with Crippen LogP contribution in [0.25, 0.3) is 21.6 Å². The SMILES string of the molecule is COc1nn(C(c2ccccc2)(c2ccccc2)c2ccccc2)c2cc(Cl)nc(-c3nnc(C)s3)c12. The Morgan fingerprint density at radius 1 is 0.811 bits per heavy atom. The fourth-order valence-electron chi connectivity index (χ4n) is 4.92. The third-order valence-electron chi connectivity index (χ3n) is 6.41. The van der Waals surface area contributed by atoms with E-state index in [0.29, 0.717) is 21.7 Å². The molecule has 0 unspecified atom stereocenters. The highest BCUT2D eigenvalue weighted by atomic mass is 35.5. The van der Waals surface area contributed by atoms with Crippen LogP contribution in [0.5, 0.6) is 5.88 Å². The number of aromatic nitrogens is 5. The highest BCUT2D eigenvalue weighted by molar-refractivity contribution is 7.14. The first-order chi connectivity index (χ1) is 18.1. The van der Waals surface area contributed by atoms with Crippen molar-refractivity contribution in [1.29, 1.82) is 0 Å². The van der Waals surface area contributed by atoms with Crippen LogP contribution >= 0.6 is 22.9 Å². The Balaban J connectivity index is 1.81. The lowest BCUT2D eigenvalue weighted by atomic mass is 9.77. The quantitative estimate of drug-likeness (QED) is 0.178. The normalized spacial score (nSPS) is 11.6. The second-order valence-electron chi connectivity index (χ2n) is 8.54. The molecule has 3 aromatic carbocycles. The second-order valence-corrected chi connectivity index (χ2v) is 10.1. The molecule has 0 saturated heterocycles. The van der Waals surface area contributed by atoms with E-state index in [1.165, 1.54) is 11.3 Å². The number of halogens is 1. The first-order valence-electron chi connectivity index (χ1n) is 11.7. The number of benzene rings is 3. The van der Waals surface area contributed by atoms with E-state index in [-0.39, 0.29) is 0 Å². The van der Waals surface area contributed by atoms with E-state index in [2.05, 4.69) is 51.6 Å². The average Bonchev–Trinajstić information content (AvgIpc) is 3.54. The van der Waals surface area contributed by atoms with Crippen LogP contribution in [0.15, 0.2) is 97.1 Å². The van der Waals surface area contributed by atoms with Crippen molar-refractivity contribution < 1.29 is 4.74 Å². The van der Waals surface area contributed by atoms with Gasteiger partial charge in [-0.1, -0.05) is 114 Å². The van der Waals surface area contributed by atoms with Gasteiger partial charge in [-0.2, -0.15) is 0 Å². The Morgan fingerprint density at radius 3 is 1.81 bits per heavy atom. The largest absolute Gasteiger partial charge is 0.479 e. The van der Waals surface area contributed by atoms with E-state index >= 15 is 0 Å². The van der Waals surface area contributed by atoms with Crippen molar-refractivity contribution >= 4 is 33.8 Å². The summed E-state index contributed by atoms with van der Waals surface area (Å²) in [6.45, 7) is 1.91. The molecule has 3 heterocycles. The minimum absolute atomic E-state index is 0.335. The standard InChI is InChI=1S/C29H22ClN5OS/c1-19-32-33-28(37-19)26-25-23(18-24(30)31-26)35(34-27(25)36-2)29(20-12-6-3-7-13-20,21-14-8-4-9-15-21)22-16-10-5-11-17-22/h3-18H,1-2H3. The maximum Gasteiger partial charge on any atom is 0.242 e. The van der Waals surface area contributed by atoms with Gasteiger partial charge < -0.3 is 4.74 Å². The molecule has 0 saturated carbocycles. The maximum absolute atomic E-state index is 6.66. The van der Waals surface area contributed by atoms with E-state index in [0.717, 1.165) is 32.6 Å². The van der Waals surface area contributed by atoms with Gasteiger partial charge in [0.2, 0.25) is 5.88 Å². The monoisotopic (exact) mass is 523 g/mol. The molecule has 0 fully saturated rings. The van der Waals surface area contributed by atoms with Crippen LogP contribution in [0.4, 0.5) is 0 Å². The van der Waals surface area contributed by atoms with Gasteiger partial charge in [-0.15, -0.1) is 15.3 Å². The van der Waals surface area contributed by atoms with Crippen LogP contribution in [-0.4, -0.2) is 32.1 Å². The van der Waals surface area contributed by atoms with E-state index in [9.17, 15) is 0 Å². The Labute approximate surface area is 223 Å². The number of hydrogen-bond donors (Lipinski definition) is 0. The highest BCUT2D eigenvalue weighted by Crippen LogP contribution is 2.45. The molecule has 0 bridgehead atoms. The minimum atomic E-state index is -0.836. The summed E-state index contributed by atoms with van der Waals surface area (Å²) in [7, 11) is 1.62. The fourth-order valence-corrected chi connectivity index (χ4v) is 5.80. The number of ether oxygens (including phenoxy) is 1. The fraction of sp³-hybridized carbons (Fsp3) is 0.103. The molecule has 0 atom stereocenters. The number of fused-ring (bicyclic) bond motifs is 1. The molecule has 6 nitrogen and oxygen atoms in total. The number of hydrogen-bond acceptors (Lipinski definition) is 6. The lowest BCUT2D eigenvalue weighted by Crippen LogP contribution is -2.38. The lowest BCUT2D eigenvalue weighted by molar-refractivity contribution is 0.378. The van der Waals surface area contributed by atoms with Crippen LogP contribution < -0.4 is 4.74 Å². The molecule has 0 aliphatic heterocycles. The number of pyridine rings is 1. The summed E-state index contributed by atoms with van der Waals surface area (Å²) in [5.74, 6) is 0.439. The van der Waals surface area contributed by atoms with E-state index < -0.39 is 5.54 Å². The van der Waals surface area contributed by atoms with Crippen molar-refractivity contribution in [3.63, 3.8) is 0 Å². The van der Waals surface area contributed by atoms with Gasteiger partial charge in [0.25, 0.3) is 0 Å². The van der Waals surface area contributed by atoms with Crippen molar-refractivity contribution in [2.45, 2.75) is 12.5 Å². The van der Waals surface area contributed by atoms with Crippen molar-refractivity contribution in [3.8, 4) is 16.6 Å². The molecule has 6 aromatic rings. The molecule has 0 aliphatic rings. The highest BCUT2D eigenvalue weighted by Gasteiger charge is 2.41. The minimum Gasteiger partial charge on any atom is -0.479 e. The van der Waals surface area contributed by atoms with Crippen LogP contribution in [0.1, 0.15) is 21.7 Å². The molecule has 8 heteroatoms. The lowest BCUT2D eigenvalue weighted by Gasteiger charge is -2.36. The Morgan fingerprint density at radius 2 is 1.35 bits per heavy atom. The van der Waals surface area contributed by atoms with E-state index in [1.54, 1.807) is 7.11 Å². The smallest absolute Gasteiger partial charge is 0.242 e. The number of rotatable bonds is 6. The number of methoxy groups -OCH3 is 1. The molecule has 0 radical (unpaired) electrons. The summed E-state index contributed by atoms with van der Waals surface area (Å²) in [6, 6.07) is 32.9. The molecule has 6 rings (SSSR count). The molecule has 0 aliphatic carbocycles. The average molecular weight is 524 g/mol. The summed E-state index contributed by atoms with van der Waals surface area (Å²) in [6.07, 6.45) is 0. The maximum atomic E-state index is 6.66. The first-order valence-corrected chi connectivity index (χ1v) is 12.9. The molecule has 37 heavy (non-hydrogen) atoms. The van der Waals surface area contributed by atoms with Gasteiger partial charge in [0.15, 0.2) is 5.01 Å². The molecule has 0 amide bonds. The number of nitrogens with zero attached hydrogens (tertiary/aromatic N) is 5. The van der Waals surface area contributed by atoms with Gasteiger partial charge in [-0.25, -0.2) is 9.67 Å². The van der Waals surface area contributed by atoms with Gasteiger partial charge in [-0.3, -0.25) is 0 Å². The molecule has 3 aromatic heterocycles. The summed E-state index contributed by atoms with van der Waals surface area (Å²) in [4.78, 5) is 4.65. The van der Waals surface area contributed by atoms with Crippen molar-refractivity contribution in [1.82, 2.24) is 25.0 Å². The van der Waals surface area contributed by atoms with Gasteiger partial charge in [0, 0.05) is 6.07 Å². The van der Waals surface area contributed by atoms with Crippen molar-refractivity contribution in [2.75, 3.05) is 7.11 Å². The van der Waals surface area contributed by atoms with Gasteiger partial charge in [-0.05, 0) is 23.6 Å². The zero-order valence-electron chi connectivity index (χ0n) is 20.2. The topological polar surface area (TPSA) is 65.7 Å². The van der Waals surface area contributed by atoms with Crippen molar-refractivity contribution in [3.05, 3.63) is 124 Å². The Kier molecular flexibility index (Phi) is 5.94. The van der Waals surface area contributed by atoms with Crippen LogP contribution in [0.3, 0.4) is 0 Å². The Bertz CT molecular complexity index is 1590. The van der Waals surface area contributed by atoms with Crippen LogP contribution in [0, 0.1) is 6.92 Å². The first kappa shape index (κ1) is 23.3. The third-order valence-corrected chi connectivity index (χ3v) is 7.45. The van der Waals surface area contributed by atoms with Crippen LogP contribution in [0.2, 0.25) is 5.15 Å². The van der Waals surface area contributed by atoms with Gasteiger partial charge in [0.1, 0.15) is 21.4 Å². The predicted octanol–water partition coefficient (Wildman–Crippen LogP) is 6.76. The predicted molar refractivity (Wildman–Crippen MR) is 147 cm³/mol. The van der Waals surface area contributed by atoms with Gasteiger partial charge >= 0.3 is 0 Å². The summed E-state index contributed by atoms with van der Waals surface area (Å²) in [5.41, 5.74) is 3.66. The third kappa shape index (κ3) is 3.79. The van der Waals surface area contributed by atoms with E-state index in [4.69, 9.17) is 21.4 Å². The summed E-state index contributed by atoms with van der Waals surface area (Å²) in [5, 5.41) is 16.2. The molecule has 182 valence electrons. The van der Waals surface area contributed by atoms with Gasteiger partial charge in [0.05, 0.1) is 18.0 Å².